The molecule has 0 saturated carbocycles. The molecule has 174 valence electrons. The molecule has 3 N–H and O–H groups in total. The predicted molar refractivity (Wildman–Crippen MR) is 125 cm³/mol. The summed E-state index contributed by atoms with van der Waals surface area (Å²) in [6.07, 6.45) is 4.18. The minimum absolute atomic E-state index is 0.154. The lowest BCUT2D eigenvalue weighted by Gasteiger charge is -2.40. The Kier molecular flexibility index (Phi) is 6.52. The Morgan fingerprint density at radius 1 is 1.31 bits per heavy atom. The molecule has 1 amide bonds. The first-order valence-electron chi connectivity index (χ1n) is 11.2. The van der Waals surface area contributed by atoms with Gasteiger partial charge in [0.15, 0.2) is 5.78 Å². The Hall–Kier alpha value is -2.67. The van der Waals surface area contributed by atoms with Crippen molar-refractivity contribution in [2.45, 2.75) is 76.4 Å². The molecule has 1 aromatic rings. The van der Waals surface area contributed by atoms with Gasteiger partial charge in [0.1, 0.15) is 11.4 Å². The lowest BCUT2D eigenvalue weighted by atomic mass is 9.73. The number of ketones is 1. The summed E-state index contributed by atoms with van der Waals surface area (Å²) in [6, 6.07) is 5.98. The van der Waals surface area contributed by atoms with E-state index in [4.69, 9.17) is 10.5 Å². The van der Waals surface area contributed by atoms with Gasteiger partial charge in [-0.15, -0.1) is 0 Å². The molecule has 3 rings (SSSR count). The lowest BCUT2D eigenvalue weighted by Crippen LogP contribution is -2.46. The number of aryl methyl sites for hydroxylation is 1. The smallest absolute Gasteiger partial charge is 0.410 e. The van der Waals surface area contributed by atoms with Crippen LogP contribution in [-0.4, -0.2) is 52.4 Å². The SMILES string of the molecule is C=C(N)/N=C\C(C)(O)CCc1ccc2c(c1)C1(CCN(C(=O)OC(C)(C)C)CC1)CC2=O. The summed E-state index contributed by atoms with van der Waals surface area (Å²) in [7, 11) is 0. The van der Waals surface area contributed by atoms with Crippen LogP contribution < -0.4 is 5.73 Å². The van der Waals surface area contributed by atoms with Crippen molar-refractivity contribution < 1.29 is 19.4 Å². The number of carbonyl (C=O) groups excluding carboxylic acids is 2. The Morgan fingerprint density at radius 3 is 2.56 bits per heavy atom. The molecule has 1 spiro atoms. The van der Waals surface area contributed by atoms with Gasteiger partial charge in [0.25, 0.3) is 0 Å². The summed E-state index contributed by atoms with van der Waals surface area (Å²) in [4.78, 5) is 30.8. The number of nitrogens with two attached hydrogens (primary N) is 1. The fourth-order valence-corrected chi connectivity index (χ4v) is 4.50. The Bertz CT molecular complexity index is 935. The monoisotopic (exact) mass is 441 g/mol. The highest BCUT2D eigenvalue weighted by Crippen LogP contribution is 2.46. The van der Waals surface area contributed by atoms with Crippen LogP contribution in [0.15, 0.2) is 35.6 Å². The van der Waals surface area contributed by atoms with Gasteiger partial charge in [-0.2, -0.15) is 0 Å². The van der Waals surface area contributed by atoms with E-state index in [1.54, 1.807) is 11.8 Å². The van der Waals surface area contributed by atoms with Crippen LogP contribution >= 0.6 is 0 Å². The number of fused-ring (bicyclic) bond motifs is 2. The van der Waals surface area contributed by atoms with Crippen LogP contribution in [0.2, 0.25) is 0 Å². The third-order valence-electron chi connectivity index (χ3n) is 6.26. The van der Waals surface area contributed by atoms with Crippen LogP contribution in [-0.2, 0) is 16.6 Å². The molecule has 7 nitrogen and oxygen atoms in total. The van der Waals surface area contributed by atoms with Crippen molar-refractivity contribution in [2.24, 2.45) is 10.7 Å². The first kappa shape index (κ1) is 24.0. The van der Waals surface area contributed by atoms with Crippen LogP contribution in [0.5, 0.6) is 0 Å². The van der Waals surface area contributed by atoms with E-state index in [2.05, 4.69) is 17.6 Å². The third kappa shape index (κ3) is 5.57. The van der Waals surface area contributed by atoms with Crippen LogP contribution in [0.25, 0.3) is 0 Å². The van der Waals surface area contributed by atoms with E-state index >= 15 is 0 Å². The largest absolute Gasteiger partial charge is 0.444 e. The van der Waals surface area contributed by atoms with Gasteiger partial charge in [0.2, 0.25) is 0 Å². The highest BCUT2D eigenvalue weighted by atomic mass is 16.6. The molecule has 1 unspecified atom stereocenters. The van der Waals surface area contributed by atoms with E-state index < -0.39 is 11.2 Å². The van der Waals surface area contributed by atoms with Crippen LogP contribution in [0.4, 0.5) is 4.79 Å². The number of piperidine rings is 1. The highest BCUT2D eigenvalue weighted by Gasteiger charge is 2.46. The van der Waals surface area contributed by atoms with Crippen molar-refractivity contribution in [1.29, 1.82) is 0 Å². The summed E-state index contributed by atoms with van der Waals surface area (Å²) < 4.78 is 5.51. The number of hydrogen-bond donors (Lipinski definition) is 2. The summed E-state index contributed by atoms with van der Waals surface area (Å²) in [5.74, 6) is 0.318. The van der Waals surface area contributed by atoms with E-state index in [9.17, 15) is 14.7 Å². The van der Waals surface area contributed by atoms with Gasteiger partial charge in [0, 0.05) is 36.7 Å². The topological polar surface area (TPSA) is 105 Å². The van der Waals surface area contributed by atoms with Gasteiger partial charge in [-0.3, -0.25) is 4.79 Å². The number of Topliss-reactive ketones (excluding diaryl/α,β-unsaturated/α-hetero) is 1. The second-order valence-corrected chi connectivity index (χ2v) is 10.3. The minimum Gasteiger partial charge on any atom is -0.444 e. The second-order valence-electron chi connectivity index (χ2n) is 10.3. The van der Waals surface area contributed by atoms with Crippen molar-refractivity contribution >= 4 is 18.1 Å². The molecule has 7 heteroatoms. The number of carbonyl (C=O) groups is 2. The number of amides is 1. The molecular formula is C25H35N3O4. The predicted octanol–water partition coefficient (Wildman–Crippen LogP) is 3.73. The Labute approximate surface area is 190 Å². The van der Waals surface area contributed by atoms with E-state index in [1.165, 1.54) is 6.21 Å². The van der Waals surface area contributed by atoms with E-state index in [0.717, 1.165) is 29.5 Å². The fourth-order valence-electron chi connectivity index (χ4n) is 4.50. The van der Waals surface area contributed by atoms with Crippen molar-refractivity contribution in [3.05, 3.63) is 47.3 Å². The molecule has 0 aromatic heterocycles. The van der Waals surface area contributed by atoms with Gasteiger partial charge in [0.05, 0.1) is 5.60 Å². The van der Waals surface area contributed by atoms with Crippen LogP contribution in [0.1, 0.15) is 74.9 Å². The molecule has 1 heterocycles. The molecule has 0 bridgehead atoms. The molecule has 0 radical (unpaired) electrons. The van der Waals surface area contributed by atoms with Crippen LogP contribution in [0.3, 0.4) is 0 Å². The first-order chi connectivity index (χ1) is 14.8. The normalized spacial score (nSPS) is 19.8. The number of rotatable bonds is 5. The molecule has 1 saturated heterocycles. The number of ether oxygens (including phenoxy) is 1. The molecule has 1 atom stereocenters. The summed E-state index contributed by atoms with van der Waals surface area (Å²) >= 11 is 0. The molecule has 1 fully saturated rings. The molecule has 1 aliphatic carbocycles. The van der Waals surface area contributed by atoms with Crippen molar-refractivity contribution in [3.63, 3.8) is 0 Å². The van der Waals surface area contributed by atoms with E-state index in [0.29, 0.717) is 32.4 Å². The van der Waals surface area contributed by atoms with Crippen molar-refractivity contribution in [2.75, 3.05) is 13.1 Å². The minimum atomic E-state index is -1.10. The number of hydrogen-bond acceptors (Lipinski definition) is 6. The van der Waals surface area contributed by atoms with Crippen molar-refractivity contribution in [1.82, 2.24) is 4.90 Å². The van der Waals surface area contributed by atoms with Crippen molar-refractivity contribution in [3.8, 4) is 0 Å². The average Bonchev–Trinajstić information content (AvgIpc) is 2.95. The number of aliphatic hydroxyl groups is 1. The van der Waals surface area contributed by atoms with Gasteiger partial charge in [-0.1, -0.05) is 24.8 Å². The lowest BCUT2D eigenvalue weighted by molar-refractivity contribution is 0.0165. The maximum atomic E-state index is 12.7. The average molecular weight is 442 g/mol. The summed E-state index contributed by atoms with van der Waals surface area (Å²) in [6.45, 7) is 11.9. The second kappa shape index (κ2) is 8.70. The molecule has 1 aromatic carbocycles. The zero-order chi connectivity index (χ0) is 23.7. The van der Waals surface area contributed by atoms with E-state index in [1.807, 2.05) is 32.9 Å². The van der Waals surface area contributed by atoms with E-state index in [-0.39, 0.29) is 23.1 Å². The molecule has 32 heavy (non-hydrogen) atoms. The number of likely N-dealkylation sites (tertiary alicyclic amines) is 1. The molecule has 1 aliphatic heterocycles. The summed E-state index contributed by atoms with van der Waals surface area (Å²) in [5.41, 5.74) is 6.51. The highest BCUT2D eigenvalue weighted by molar-refractivity contribution is 6.02. The van der Waals surface area contributed by atoms with Gasteiger partial charge in [-0.25, -0.2) is 9.79 Å². The zero-order valence-corrected chi connectivity index (χ0v) is 19.6. The first-order valence-corrected chi connectivity index (χ1v) is 11.2. The fraction of sp³-hybridized carbons (Fsp3) is 0.560. The number of aliphatic imine (C=N–C) groups is 1. The third-order valence-corrected chi connectivity index (χ3v) is 6.26. The standard InChI is InChI=1S/C25H35N3O4/c1-17(26)27-16-24(5,31)9-8-18-6-7-19-20(14-18)25(15-21(19)29)10-12-28(13-11-25)22(30)32-23(2,3)4/h6-7,14,16,31H,1,8-13,15,26H2,2-5H3/b27-16-. The Balaban J connectivity index is 1.72. The molecule has 2 aliphatic rings. The number of nitrogens with zero attached hydrogens (tertiary/aromatic N) is 2. The zero-order valence-electron chi connectivity index (χ0n) is 19.6. The quantitative estimate of drug-likeness (QED) is 0.678. The Morgan fingerprint density at radius 2 is 1.97 bits per heavy atom. The maximum absolute atomic E-state index is 12.7. The maximum Gasteiger partial charge on any atom is 0.410 e. The van der Waals surface area contributed by atoms with Gasteiger partial charge >= 0.3 is 6.09 Å². The van der Waals surface area contributed by atoms with Crippen LogP contribution in [0, 0.1) is 0 Å². The van der Waals surface area contributed by atoms with Gasteiger partial charge in [-0.05, 0) is 64.5 Å². The van der Waals surface area contributed by atoms with Gasteiger partial charge < -0.3 is 20.5 Å². The molecular weight excluding hydrogens is 406 g/mol. The number of benzene rings is 1. The summed E-state index contributed by atoms with van der Waals surface area (Å²) in [5, 5.41) is 10.5.